The Morgan fingerprint density at radius 2 is 1.86 bits per heavy atom. The standard InChI is InChI=1S/C31H34ClN3O2/c1-21-3-7-26(34-31(36)17-22-4-8-27(37-2)9-5-22)18-24(21)13-16-35-14-11-23(12-15-35)29-20-33-30-10-6-25(32)19-28(29)30/h3-10,18-20,23,33H,11-17H2,1-2H3,(H,34,36). The average Bonchev–Trinajstić information content (AvgIpc) is 3.32. The minimum Gasteiger partial charge on any atom is -0.497 e. The smallest absolute Gasteiger partial charge is 0.228 e. The second kappa shape index (κ2) is 11.4. The van der Waals surface area contributed by atoms with Gasteiger partial charge < -0.3 is 19.9 Å². The Hall–Kier alpha value is -3.28. The van der Waals surface area contributed by atoms with Crippen LogP contribution in [0.5, 0.6) is 5.75 Å². The Morgan fingerprint density at radius 3 is 2.62 bits per heavy atom. The minimum atomic E-state index is -0.0133. The van der Waals surface area contributed by atoms with E-state index >= 15 is 0 Å². The maximum Gasteiger partial charge on any atom is 0.228 e. The molecule has 1 saturated heterocycles. The number of aryl methyl sites for hydroxylation is 1. The van der Waals surface area contributed by atoms with Crippen molar-refractivity contribution in [2.45, 2.75) is 38.5 Å². The molecular formula is C31H34ClN3O2. The number of piperidine rings is 1. The van der Waals surface area contributed by atoms with E-state index in [1.807, 2.05) is 36.4 Å². The number of carbonyl (C=O) groups excluding carboxylic acids is 1. The molecule has 6 heteroatoms. The number of fused-ring (bicyclic) bond motifs is 1. The third-order valence-corrected chi connectivity index (χ3v) is 7.79. The zero-order valence-corrected chi connectivity index (χ0v) is 22.3. The average molecular weight is 516 g/mol. The normalized spacial score (nSPS) is 14.7. The molecule has 5 rings (SSSR count). The van der Waals surface area contributed by atoms with Crippen molar-refractivity contribution in [3.05, 3.63) is 94.1 Å². The summed E-state index contributed by atoms with van der Waals surface area (Å²) in [6.07, 6.45) is 5.78. The maximum atomic E-state index is 12.6. The van der Waals surface area contributed by atoms with Crippen molar-refractivity contribution in [3.63, 3.8) is 0 Å². The summed E-state index contributed by atoms with van der Waals surface area (Å²) in [6, 6.07) is 19.9. The molecule has 0 atom stereocenters. The number of hydrogen-bond acceptors (Lipinski definition) is 3. The highest BCUT2D eigenvalue weighted by atomic mass is 35.5. The number of aromatic amines is 1. The van der Waals surface area contributed by atoms with E-state index < -0.39 is 0 Å². The van der Waals surface area contributed by atoms with Gasteiger partial charge in [-0.2, -0.15) is 0 Å². The van der Waals surface area contributed by atoms with Crippen molar-refractivity contribution in [1.82, 2.24) is 9.88 Å². The number of benzene rings is 3. The number of rotatable bonds is 8. The summed E-state index contributed by atoms with van der Waals surface area (Å²) in [4.78, 5) is 18.6. The highest BCUT2D eigenvalue weighted by molar-refractivity contribution is 6.31. The van der Waals surface area contributed by atoms with Gasteiger partial charge in [0.1, 0.15) is 5.75 Å². The van der Waals surface area contributed by atoms with E-state index in [0.29, 0.717) is 12.3 Å². The molecule has 1 amide bonds. The van der Waals surface area contributed by atoms with Gasteiger partial charge in [0.05, 0.1) is 13.5 Å². The lowest BCUT2D eigenvalue weighted by atomic mass is 9.89. The van der Waals surface area contributed by atoms with E-state index in [2.05, 4.69) is 52.6 Å². The summed E-state index contributed by atoms with van der Waals surface area (Å²) in [7, 11) is 1.64. The SMILES string of the molecule is COc1ccc(CC(=O)Nc2ccc(C)c(CCN3CCC(c4c[nH]c5ccc(Cl)cc45)CC3)c2)cc1. The Morgan fingerprint density at radius 1 is 1.08 bits per heavy atom. The number of anilines is 1. The predicted molar refractivity (Wildman–Crippen MR) is 152 cm³/mol. The third-order valence-electron chi connectivity index (χ3n) is 7.56. The first kappa shape index (κ1) is 25.4. The molecular weight excluding hydrogens is 482 g/mol. The number of aromatic nitrogens is 1. The van der Waals surface area contributed by atoms with E-state index in [0.717, 1.165) is 66.4 Å². The molecule has 1 aliphatic heterocycles. The lowest BCUT2D eigenvalue weighted by Gasteiger charge is -2.32. The number of carbonyl (C=O) groups is 1. The molecule has 0 bridgehead atoms. The van der Waals surface area contributed by atoms with Crippen molar-refractivity contribution in [1.29, 1.82) is 0 Å². The molecule has 192 valence electrons. The van der Waals surface area contributed by atoms with Gasteiger partial charge in [-0.1, -0.05) is 29.8 Å². The Balaban J connectivity index is 1.14. The predicted octanol–water partition coefficient (Wildman–Crippen LogP) is 6.74. The van der Waals surface area contributed by atoms with Gasteiger partial charge in [0.15, 0.2) is 0 Å². The summed E-state index contributed by atoms with van der Waals surface area (Å²) in [5, 5.41) is 5.12. The zero-order chi connectivity index (χ0) is 25.8. The van der Waals surface area contributed by atoms with Crippen LogP contribution in [-0.2, 0) is 17.6 Å². The number of methoxy groups -OCH3 is 1. The molecule has 0 radical (unpaired) electrons. The van der Waals surface area contributed by atoms with Crippen LogP contribution in [-0.4, -0.2) is 42.5 Å². The maximum absolute atomic E-state index is 12.6. The van der Waals surface area contributed by atoms with Crippen LogP contribution in [0.1, 0.15) is 41.0 Å². The minimum absolute atomic E-state index is 0.0133. The number of amides is 1. The fraction of sp³-hybridized carbons (Fsp3) is 0.323. The van der Waals surface area contributed by atoms with E-state index in [-0.39, 0.29) is 5.91 Å². The van der Waals surface area contributed by atoms with Gasteiger partial charge in [-0.3, -0.25) is 4.79 Å². The molecule has 1 aromatic heterocycles. The lowest BCUT2D eigenvalue weighted by Crippen LogP contribution is -2.34. The van der Waals surface area contributed by atoms with Gasteiger partial charge in [-0.05, 0) is 110 Å². The lowest BCUT2D eigenvalue weighted by molar-refractivity contribution is -0.115. The second-order valence-electron chi connectivity index (χ2n) is 10.0. The molecule has 5 nitrogen and oxygen atoms in total. The van der Waals surface area contributed by atoms with E-state index in [4.69, 9.17) is 16.3 Å². The molecule has 0 unspecified atom stereocenters. The van der Waals surface area contributed by atoms with Crippen molar-refractivity contribution >= 4 is 34.1 Å². The largest absolute Gasteiger partial charge is 0.497 e. The number of likely N-dealkylation sites (tertiary alicyclic amines) is 1. The number of hydrogen-bond donors (Lipinski definition) is 2. The fourth-order valence-electron chi connectivity index (χ4n) is 5.35. The summed E-state index contributed by atoms with van der Waals surface area (Å²) < 4.78 is 5.19. The van der Waals surface area contributed by atoms with E-state index in [1.54, 1.807) is 7.11 Å². The Labute approximate surface area is 223 Å². The first-order chi connectivity index (χ1) is 18.0. The molecule has 0 saturated carbocycles. The van der Waals surface area contributed by atoms with Crippen LogP contribution in [0.25, 0.3) is 10.9 Å². The number of halogens is 1. The summed E-state index contributed by atoms with van der Waals surface area (Å²) in [5.41, 5.74) is 6.93. The van der Waals surface area contributed by atoms with Crippen molar-refractivity contribution in [2.75, 3.05) is 32.1 Å². The first-order valence-corrected chi connectivity index (χ1v) is 13.4. The van der Waals surface area contributed by atoms with Gasteiger partial charge >= 0.3 is 0 Å². The molecule has 4 aromatic rings. The van der Waals surface area contributed by atoms with Crippen LogP contribution in [0.3, 0.4) is 0 Å². The summed E-state index contributed by atoms with van der Waals surface area (Å²) in [6.45, 7) is 5.35. The molecule has 1 aliphatic rings. The van der Waals surface area contributed by atoms with Crippen molar-refractivity contribution in [2.24, 2.45) is 0 Å². The Bertz CT molecular complexity index is 1370. The molecule has 2 N–H and O–H groups in total. The van der Waals surface area contributed by atoms with Crippen molar-refractivity contribution < 1.29 is 9.53 Å². The van der Waals surface area contributed by atoms with Gasteiger partial charge in [-0.15, -0.1) is 0 Å². The van der Waals surface area contributed by atoms with E-state index in [9.17, 15) is 4.79 Å². The fourth-order valence-corrected chi connectivity index (χ4v) is 5.52. The van der Waals surface area contributed by atoms with Gasteiger partial charge in [0, 0.05) is 34.4 Å². The Kier molecular flexibility index (Phi) is 7.82. The van der Waals surface area contributed by atoms with Crippen molar-refractivity contribution in [3.8, 4) is 5.75 Å². The van der Waals surface area contributed by atoms with Crippen LogP contribution >= 0.6 is 11.6 Å². The monoisotopic (exact) mass is 515 g/mol. The van der Waals surface area contributed by atoms with Crippen LogP contribution in [0.15, 0.2) is 66.9 Å². The van der Waals surface area contributed by atoms with E-state index in [1.165, 1.54) is 22.1 Å². The van der Waals surface area contributed by atoms with Crippen LogP contribution < -0.4 is 10.1 Å². The first-order valence-electron chi connectivity index (χ1n) is 13.0. The molecule has 0 aliphatic carbocycles. The molecule has 2 heterocycles. The number of nitrogens with zero attached hydrogens (tertiary/aromatic N) is 1. The van der Waals surface area contributed by atoms with Gasteiger partial charge in [0.2, 0.25) is 5.91 Å². The zero-order valence-electron chi connectivity index (χ0n) is 21.5. The second-order valence-corrected chi connectivity index (χ2v) is 10.5. The summed E-state index contributed by atoms with van der Waals surface area (Å²) >= 11 is 6.26. The topological polar surface area (TPSA) is 57.4 Å². The van der Waals surface area contributed by atoms with Crippen LogP contribution in [0.4, 0.5) is 5.69 Å². The molecule has 37 heavy (non-hydrogen) atoms. The molecule has 1 fully saturated rings. The van der Waals surface area contributed by atoms with Crippen LogP contribution in [0.2, 0.25) is 5.02 Å². The highest BCUT2D eigenvalue weighted by Gasteiger charge is 2.23. The molecule has 0 spiro atoms. The molecule has 3 aromatic carbocycles. The number of ether oxygens (including phenoxy) is 1. The van der Waals surface area contributed by atoms with Crippen LogP contribution in [0, 0.1) is 6.92 Å². The van der Waals surface area contributed by atoms with Gasteiger partial charge in [-0.25, -0.2) is 0 Å². The van der Waals surface area contributed by atoms with Gasteiger partial charge in [0.25, 0.3) is 0 Å². The number of H-pyrrole nitrogens is 1. The quantitative estimate of drug-likeness (QED) is 0.273. The third kappa shape index (κ3) is 6.17. The highest BCUT2D eigenvalue weighted by Crippen LogP contribution is 2.34. The number of nitrogens with one attached hydrogen (secondary N) is 2. The summed E-state index contributed by atoms with van der Waals surface area (Å²) in [5.74, 6) is 1.34.